The van der Waals surface area contributed by atoms with Gasteiger partial charge in [0.25, 0.3) is 0 Å². The van der Waals surface area contributed by atoms with E-state index in [9.17, 15) is 14.7 Å². The number of fused-ring (bicyclic) bond motifs is 3. The standard InChI is InChI=1S/C25H22INO4/c1-15-10-11-17(26)12-16(15)13-23(24(28)29)27-25(30)31-14-22-20-8-4-2-6-18(20)19-7-3-5-9-21(19)22/h2-12,22-23H,13-14H2,1H3,(H,27,30)(H,28,29). The Morgan fingerprint density at radius 1 is 1.03 bits per heavy atom. The fourth-order valence-corrected chi connectivity index (χ4v) is 4.62. The number of benzene rings is 3. The van der Waals surface area contributed by atoms with Gasteiger partial charge < -0.3 is 15.2 Å². The first-order valence-corrected chi connectivity index (χ1v) is 11.1. The molecule has 0 bridgehead atoms. The van der Waals surface area contributed by atoms with Crippen LogP contribution in [-0.2, 0) is 16.0 Å². The zero-order valence-corrected chi connectivity index (χ0v) is 19.1. The van der Waals surface area contributed by atoms with E-state index in [1.54, 1.807) is 0 Å². The molecule has 1 aliphatic rings. The summed E-state index contributed by atoms with van der Waals surface area (Å²) in [6.07, 6.45) is -0.528. The third-order valence-electron chi connectivity index (χ3n) is 5.67. The Balaban J connectivity index is 1.45. The first kappa shape index (κ1) is 21.4. The van der Waals surface area contributed by atoms with E-state index in [4.69, 9.17) is 4.74 Å². The minimum Gasteiger partial charge on any atom is -0.480 e. The van der Waals surface area contributed by atoms with Crippen LogP contribution in [0, 0.1) is 10.5 Å². The lowest BCUT2D eigenvalue weighted by atomic mass is 9.98. The van der Waals surface area contributed by atoms with Crippen molar-refractivity contribution in [1.29, 1.82) is 0 Å². The van der Waals surface area contributed by atoms with Crippen molar-refractivity contribution < 1.29 is 19.4 Å². The molecule has 0 spiro atoms. The molecule has 1 aliphatic carbocycles. The van der Waals surface area contributed by atoms with E-state index < -0.39 is 18.1 Å². The highest BCUT2D eigenvalue weighted by Gasteiger charge is 2.29. The van der Waals surface area contributed by atoms with Crippen molar-refractivity contribution in [3.05, 3.63) is 92.6 Å². The van der Waals surface area contributed by atoms with E-state index in [1.807, 2.05) is 61.5 Å². The SMILES string of the molecule is Cc1ccc(I)cc1CC(NC(=O)OCC1c2ccccc2-c2ccccc21)C(=O)O. The second-order valence-electron chi connectivity index (χ2n) is 7.64. The topological polar surface area (TPSA) is 75.6 Å². The van der Waals surface area contributed by atoms with E-state index in [0.717, 1.165) is 37.0 Å². The van der Waals surface area contributed by atoms with Crippen LogP contribution < -0.4 is 5.32 Å². The lowest BCUT2D eigenvalue weighted by molar-refractivity contribution is -0.139. The van der Waals surface area contributed by atoms with Crippen molar-refractivity contribution in [2.75, 3.05) is 6.61 Å². The number of hydrogen-bond acceptors (Lipinski definition) is 3. The molecule has 6 heteroatoms. The molecule has 0 radical (unpaired) electrons. The van der Waals surface area contributed by atoms with Crippen molar-refractivity contribution in [3.63, 3.8) is 0 Å². The molecule has 0 aliphatic heterocycles. The first-order valence-electron chi connectivity index (χ1n) is 10.0. The maximum absolute atomic E-state index is 12.5. The van der Waals surface area contributed by atoms with Crippen LogP contribution in [0.5, 0.6) is 0 Å². The quantitative estimate of drug-likeness (QED) is 0.436. The number of aryl methyl sites for hydroxylation is 1. The molecule has 1 atom stereocenters. The summed E-state index contributed by atoms with van der Waals surface area (Å²) in [5.41, 5.74) is 6.38. The van der Waals surface area contributed by atoms with Gasteiger partial charge in [-0.3, -0.25) is 0 Å². The van der Waals surface area contributed by atoms with Crippen LogP contribution in [0.1, 0.15) is 28.2 Å². The molecule has 0 saturated carbocycles. The van der Waals surface area contributed by atoms with Gasteiger partial charge in [-0.15, -0.1) is 0 Å². The maximum atomic E-state index is 12.5. The monoisotopic (exact) mass is 527 g/mol. The summed E-state index contributed by atoms with van der Waals surface area (Å²) < 4.78 is 6.51. The average Bonchev–Trinajstić information content (AvgIpc) is 3.08. The second kappa shape index (κ2) is 9.09. The molecule has 1 amide bonds. The molecule has 0 saturated heterocycles. The predicted molar refractivity (Wildman–Crippen MR) is 127 cm³/mol. The third kappa shape index (κ3) is 4.58. The summed E-state index contributed by atoms with van der Waals surface area (Å²) >= 11 is 2.19. The minimum absolute atomic E-state index is 0.0700. The lowest BCUT2D eigenvalue weighted by Gasteiger charge is -2.18. The molecule has 0 heterocycles. The fourth-order valence-electron chi connectivity index (χ4n) is 4.06. The van der Waals surface area contributed by atoms with Crippen molar-refractivity contribution in [2.45, 2.75) is 25.3 Å². The molecule has 0 aromatic heterocycles. The smallest absolute Gasteiger partial charge is 0.407 e. The maximum Gasteiger partial charge on any atom is 0.407 e. The summed E-state index contributed by atoms with van der Waals surface area (Å²) in [5.74, 6) is -1.16. The van der Waals surface area contributed by atoms with Crippen molar-refractivity contribution in [1.82, 2.24) is 5.32 Å². The van der Waals surface area contributed by atoms with Gasteiger partial charge in [-0.2, -0.15) is 0 Å². The van der Waals surface area contributed by atoms with E-state index in [-0.39, 0.29) is 18.9 Å². The molecule has 4 rings (SSSR count). The van der Waals surface area contributed by atoms with Gasteiger partial charge >= 0.3 is 12.1 Å². The summed E-state index contributed by atoms with van der Waals surface area (Å²) in [5, 5.41) is 12.1. The zero-order valence-electron chi connectivity index (χ0n) is 17.0. The summed E-state index contributed by atoms with van der Waals surface area (Å²) in [6.45, 7) is 2.08. The van der Waals surface area contributed by atoms with Crippen LogP contribution in [0.2, 0.25) is 0 Å². The Labute approximate surface area is 194 Å². The molecule has 3 aromatic rings. The largest absolute Gasteiger partial charge is 0.480 e. The number of carboxylic acid groups (broad SMARTS) is 1. The number of hydrogen-bond donors (Lipinski definition) is 2. The molecular formula is C25H22INO4. The van der Waals surface area contributed by atoms with Gasteiger partial charge in [0.2, 0.25) is 0 Å². The average molecular weight is 527 g/mol. The van der Waals surface area contributed by atoms with Gasteiger partial charge in [0.05, 0.1) is 0 Å². The number of carbonyl (C=O) groups excluding carboxylic acids is 1. The Kier molecular flexibility index (Phi) is 6.27. The number of ether oxygens (including phenoxy) is 1. The molecule has 158 valence electrons. The van der Waals surface area contributed by atoms with Gasteiger partial charge in [-0.25, -0.2) is 9.59 Å². The molecule has 0 fully saturated rings. The Morgan fingerprint density at radius 2 is 1.65 bits per heavy atom. The van der Waals surface area contributed by atoms with Gasteiger partial charge in [-0.1, -0.05) is 54.6 Å². The predicted octanol–water partition coefficient (Wildman–Crippen LogP) is 5.13. The van der Waals surface area contributed by atoms with E-state index in [0.29, 0.717) is 0 Å². The van der Waals surface area contributed by atoms with E-state index in [1.165, 1.54) is 0 Å². The van der Waals surface area contributed by atoms with Crippen LogP contribution >= 0.6 is 22.6 Å². The molecule has 31 heavy (non-hydrogen) atoms. The molecule has 5 nitrogen and oxygen atoms in total. The van der Waals surface area contributed by atoms with Gasteiger partial charge in [-0.05, 0) is 75.0 Å². The Hall–Kier alpha value is -2.87. The van der Waals surface area contributed by atoms with Gasteiger partial charge in [0.15, 0.2) is 0 Å². The van der Waals surface area contributed by atoms with Gasteiger partial charge in [0.1, 0.15) is 12.6 Å². The van der Waals surface area contributed by atoms with Crippen molar-refractivity contribution in [2.24, 2.45) is 0 Å². The summed E-state index contributed by atoms with van der Waals surface area (Å²) in [4.78, 5) is 24.2. The lowest BCUT2D eigenvalue weighted by Crippen LogP contribution is -2.43. The van der Waals surface area contributed by atoms with E-state index >= 15 is 0 Å². The number of carbonyl (C=O) groups is 2. The highest BCUT2D eigenvalue weighted by atomic mass is 127. The Morgan fingerprint density at radius 3 is 2.26 bits per heavy atom. The number of carboxylic acids is 1. The van der Waals surface area contributed by atoms with Crippen LogP contribution in [0.15, 0.2) is 66.7 Å². The van der Waals surface area contributed by atoms with E-state index in [2.05, 4.69) is 40.0 Å². The van der Waals surface area contributed by atoms with Gasteiger partial charge in [0, 0.05) is 15.9 Å². The van der Waals surface area contributed by atoms with Crippen LogP contribution in [0.3, 0.4) is 0 Å². The molecule has 1 unspecified atom stereocenters. The molecule has 2 N–H and O–H groups in total. The van der Waals surface area contributed by atoms with Crippen molar-refractivity contribution in [3.8, 4) is 11.1 Å². The van der Waals surface area contributed by atoms with Crippen LogP contribution in [-0.4, -0.2) is 29.8 Å². The number of alkyl carbamates (subject to hydrolysis) is 1. The zero-order chi connectivity index (χ0) is 22.0. The van der Waals surface area contributed by atoms with Crippen LogP contribution in [0.25, 0.3) is 11.1 Å². The third-order valence-corrected chi connectivity index (χ3v) is 6.34. The second-order valence-corrected chi connectivity index (χ2v) is 8.88. The number of halogens is 1. The normalized spacial score (nSPS) is 13.2. The van der Waals surface area contributed by atoms with Crippen molar-refractivity contribution >= 4 is 34.7 Å². The number of rotatable bonds is 6. The summed E-state index contributed by atoms with van der Waals surface area (Å²) in [7, 11) is 0. The Bertz CT molecular complexity index is 1100. The minimum atomic E-state index is -1.09. The first-order chi connectivity index (χ1) is 14.9. The highest BCUT2D eigenvalue weighted by Crippen LogP contribution is 2.44. The fraction of sp³-hybridized carbons (Fsp3) is 0.200. The number of aliphatic carboxylic acids is 1. The molecular weight excluding hydrogens is 505 g/mol. The number of amides is 1. The van der Waals surface area contributed by atoms with Crippen LogP contribution in [0.4, 0.5) is 4.79 Å². The highest BCUT2D eigenvalue weighted by molar-refractivity contribution is 14.1. The number of nitrogens with one attached hydrogen (secondary N) is 1. The molecule has 3 aromatic carbocycles. The summed E-state index contributed by atoms with van der Waals surface area (Å²) in [6, 6.07) is 20.9.